The molecule has 1 atom stereocenters. The van der Waals surface area contributed by atoms with Crippen LogP contribution >= 0.6 is 11.3 Å². The van der Waals surface area contributed by atoms with Crippen molar-refractivity contribution in [2.45, 2.75) is 39.0 Å². The van der Waals surface area contributed by atoms with E-state index >= 15 is 0 Å². The number of thiophene rings is 1. The van der Waals surface area contributed by atoms with E-state index in [1.54, 1.807) is 0 Å². The fourth-order valence-corrected chi connectivity index (χ4v) is 3.45. The van der Waals surface area contributed by atoms with Crippen molar-refractivity contribution in [1.82, 2.24) is 4.90 Å². The highest BCUT2D eigenvalue weighted by Crippen LogP contribution is 2.19. The first-order valence-corrected chi connectivity index (χ1v) is 8.59. The van der Waals surface area contributed by atoms with Crippen molar-refractivity contribution in [2.24, 2.45) is 0 Å². The van der Waals surface area contributed by atoms with Gasteiger partial charge in [-0.25, -0.2) is 0 Å². The molecular weight excluding hydrogens is 290 g/mol. The lowest BCUT2D eigenvalue weighted by Gasteiger charge is -2.24. The molecule has 0 saturated carbocycles. The largest absolute Gasteiger partial charge is 0.392 e. The molecule has 0 aliphatic heterocycles. The van der Waals surface area contributed by atoms with Crippen LogP contribution in [0.4, 0.5) is 0 Å². The summed E-state index contributed by atoms with van der Waals surface area (Å²) in [6, 6.07) is 14.8. The Hall–Kier alpha value is -1.42. The van der Waals surface area contributed by atoms with Crippen molar-refractivity contribution in [2.75, 3.05) is 6.54 Å². The maximum atomic E-state index is 10.2. The Kier molecular flexibility index (Phi) is 6.84. The van der Waals surface area contributed by atoms with Crippen LogP contribution in [-0.4, -0.2) is 22.7 Å². The smallest absolute Gasteiger partial charge is 0.0670 e. The normalized spacial score (nSPS) is 12.5. The molecule has 2 aromatic rings. The Morgan fingerprint density at radius 3 is 2.59 bits per heavy atom. The molecule has 0 amide bonds. The van der Waals surface area contributed by atoms with Crippen LogP contribution in [0.2, 0.25) is 0 Å². The van der Waals surface area contributed by atoms with E-state index in [1.165, 1.54) is 15.3 Å². The number of aliphatic hydroxyl groups excluding tert-OH is 1. The number of rotatable bonds is 9. The number of aliphatic hydroxyl groups is 1. The number of nitrogens with zero attached hydrogens (tertiary/aromatic N) is 1. The lowest BCUT2D eigenvalue weighted by molar-refractivity contribution is 0.0989. The third kappa shape index (κ3) is 5.76. The van der Waals surface area contributed by atoms with Crippen LogP contribution in [0.15, 0.2) is 55.1 Å². The molecule has 0 fully saturated rings. The van der Waals surface area contributed by atoms with Gasteiger partial charge in [0, 0.05) is 29.4 Å². The second kappa shape index (κ2) is 8.89. The molecule has 0 aliphatic carbocycles. The van der Waals surface area contributed by atoms with Crippen LogP contribution in [0.3, 0.4) is 0 Å². The van der Waals surface area contributed by atoms with E-state index in [0.29, 0.717) is 6.54 Å². The molecular formula is C19H25NOS. The molecule has 0 aliphatic rings. The van der Waals surface area contributed by atoms with Gasteiger partial charge in [0.05, 0.1) is 6.10 Å². The number of hydrogen-bond acceptors (Lipinski definition) is 3. The van der Waals surface area contributed by atoms with Gasteiger partial charge in [-0.15, -0.1) is 17.9 Å². The zero-order valence-electron chi connectivity index (χ0n) is 13.2. The van der Waals surface area contributed by atoms with Gasteiger partial charge in [-0.2, -0.15) is 0 Å². The summed E-state index contributed by atoms with van der Waals surface area (Å²) in [5, 5.41) is 10.2. The molecule has 1 aromatic carbocycles. The average molecular weight is 315 g/mol. The van der Waals surface area contributed by atoms with Crippen molar-refractivity contribution in [3.63, 3.8) is 0 Å². The molecule has 1 aromatic heterocycles. The summed E-state index contributed by atoms with van der Waals surface area (Å²) >= 11 is 1.83. The second-order valence-corrected chi connectivity index (χ2v) is 7.06. The van der Waals surface area contributed by atoms with Gasteiger partial charge in [0.1, 0.15) is 0 Å². The quantitative estimate of drug-likeness (QED) is 0.694. The highest BCUT2D eigenvalue weighted by atomic mass is 32.1. The average Bonchev–Trinajstić information content (AvgIpc) is 2.91. The molecule has 0 unspecified atom stereocenters. The van der Waals surface area contributed by atoms with E-state index < -0.39 is 0 Å². The maximum absolute atomic E-state index is 10.2. The van der Waals surface area contributed by atoms with E-state index in [9.17, 15) is 5.11 Å². The highest BCUT2D eigenvalue weighted by Gasteiger charge is 2.13. The SMILES string of the molecule is C=CCC[C@H](O)CN(Cc1ccccc1)Cc1ccc(C)s1. The van der Waals surface area contributed by atoms with Crippen molar-refractivity contribution in [3.05, 3.63) is 70.4 Å². The molecule has 1 N–H and O–H groups in total. The van der Waals surface area contributed by atoms with Crippen molar-refractivity contribution in [3.8, 4) is 0 Å². The first-order chi connectivity index (χ1) is 10.7. The summed E-state index contributed by atoms with van der Waals surface area (Å²) in [6.45, 7) is 8.31. The zero-order valence-corrected chi connectivity index (χ0v) is 14.1. The summed E-state index contributed by atoms with van der Waals surface area (Å²) in [5.74, 6) is 0. The van der Waals surface area contributed by atoms with Crippen molar-refractivity contribution in [1.29, 1.82) is 0 Å². The summed E-state index contributed by atoms with van der Waals surface area (Å²) in [4.78, 5) is 5.01. The first kappa shape index (κ1) is 16.9. The minimum atomic E-state index is -0.303. The fourth-order valence-electron chi connectivity index (χ4n) is 2.52. The van der Waals surface area contributed by atoms with Crippen molar-refractivity contribution < 1.29 is 5.11 Å². The Balaban J connectivity index is 2.00. The number of aryl methyl sites for hydroxylation is 1. The predicted molar refractivity (Wildman–Crippen MR) is 95.0 cm³/mol. The van der Waals surface area contributed by atoms with Gasteiger partial charge >= 0.3 is 0 Å². The van der Waals surface area contributed by atoms with Gasteiger partial charge in [0.25, 0.3) is 0 Å². The summed E-state index contributed by atoms with van der Waals surface area (Å²) in [7, 11) is 0. The molecule has 0 saturated heterocycles. The Morgan fingerprint density at radius 1 is 1.18 bits per heavy atom. The summed E-state index contributed by atoms with van der Waals surface area (Å²) in [6.07, 6.45) is 3.20. The molecule has 0 spiro atoms. The lowest BCUT2D eigenvalue weighted by atomic mass is 10.1. The maximum Gasteiger partial charge on any atom is 0.0670 e. The summed E-state index contributed by atoms with van der Waals surface area (Å²) < 4.78 is 0. The molecule has 0 bridgehead atoms. The number of allylic oxidation sites excluding steroid dienone is 1. The van der Waals surface area contributed by atoms with Gasteiger partial charge in [-0.3, -0.25) is 4.90 Å². The van der Waals surface area contributed by atoms with Crippen LogP contribution in [0.1, 0.15) is 28.2 Å². The molecule has 0 radical (unpaired) electrons. The third-order valence-electron chi connectivity index (χ3n) is 3.60. The molecule has 3 heteroatoms. The minimum absolute atomic E-state index is 0.303. The van der Waals surface area contributed by atoms with Gasteiger partial charge in [0.15, 0.2) is 0 Å². The van der Waals surface area contributed by atoms with E-state index in [2.05, 4.69) is 54.8 Å². The van der Waals surface area contributed by atoms with Crippen LogP contribution < -0.4 is 0 Å². The molecule has 118 valence electrons. The van der Waals surface area contributed by atoms with E-state index in [1.807, 2.05) is 23.5 Å². The van der Waals surface area contributed by atoms with E-state index in [4.69, 9.17) is 0 Å². The zero-order chi connectivity index (χ0) is 15.8. The molecule has 1 heterocycles. The molecule has 2 nitrogen and oxygen atoms in total. The fraction of sp³-hybridized carbons (Fsp3) is 0.368. The van der Waals surface area contributed by atoms with Gasteiger partial charge in [-0.1, -0.05) is 36.4 Å². The van der Waals surface area contributed by atoms with E-state index in [-0.39, 0.29) is 6.10 Å². The van der Waals surface area contributed by atoms with Crippen LogP contribution in [0.5, 0.6) is 0 Å². The second-order valence-electron chi connectivity index (χ2n) is 5.69. The van der Waals surface area contributed by atoms with Crippen LogP contribution in [0, 0.1) is 6.92 Å². The van der Waals surface area contributed by atoms with Crippen molar-refractivity contribution >= 4 is 11.3 Å². The topological polar surface area (TPSA) is 23.5 Å². The Labute approximate surface area is 137 Å². The highest BCUT2D eigenvalue weighted by molar-refractivity contribution is 7.11. The van der Waals surface area contributed by atoms with Crippen LogP contribution in [-0.2, 0) is 13.1 Å². The number of benzene rings is 1. The standard InChI is InChI=1S/C19H25NOS/c1-3-4-10-18(21)14-20(13-17-8-6-5-7-9-17)15-19-12-11-16(2)22-19/h3,5-9,11-12,18,21H,1,4,10,13-15H2,2H3/t18-/m0/s1. The third-order valence-corrected chi connectivity index (χ3v) is 4.58. The van der Waals surface area contributed by atoms with Crippen LogP contribution in [0.25, 0.3) is 0 Å². The van der Waals surface area contributed by atoms with Gasteiger partial charge in [0.2, 0.25) is 0 Å². The van der Waals surface area contributed by atoms with E-state index in [0.717, 1.165) is 25.9 Å². The lowest BCUT2D eigenvalue weighted by Crippen LogP contribution is -2.31. The first-order valence-electron chi connectivity index (χ1n) is 7.78. The minimum Gasteiger partial charge on any atom is -0.392 e. The molecule has 2 rings (SSSR count). The predicted octanol–water partition coefficient (Wildman–Crippen LogP) is 4.39. The Bertz CT molecular complexity index is 564. The Morgan fingerprint density at radius 2 is 1.95 bits per heavy atom. The molecule has 22 heavy (non-hydrogen) atoms. The van der Waals surface area contributed by atoms with Gasteiger partial charge in [-0.05, 0) is 37.5 Å². The summed E-state index contributed by atoms with van der Waals surface area (Å²) in [5.41, 5.74) is 1.28. The number of hydrogen-bond donors (Lipinski definition) is 1. The van der Waals surface area contributed by atoms with Gasteiger partial charge < -0.3 is 5.11 Å². The monoisotopic (exact) mass is 315 g/mol.